The third-order valence-electron chi connectivity index (χ3n) is 2.77. The Morgan fingerprint density at radius 1 is 1.38 bits per heavy atom. The minimum atomic E-state index is -3.85. The predicted octanol–water partition coefficient (Wildman–Crippen LogP) is 2.62. The fourth-order valence-electron chi connectivity index (χ4n) is 1.70. The topological polar surface area (TPSA) is 83.5 Å². The van der Waals surface area contributed by atoms with Crippen molar-refractivity contribution < 1.29 is 22.7 Å². The Morgan fingerprint density at radius 3 is 2.67 bits per heavy atom. The number of halogens is 1. The second-order valence-corrected chi connectivity index (χ2v) is 7.21. The highest BCUT2D eigenvalue weighted by Crippen LogP contribution is 2.23. The minimum Gasteiger partial charge on any atom is -0.478 e. The predicted molar refractivity (Wildman–Crippen MR) is 76.4 cm³/mol. The summed E-state index contributed by atoms with van der Waals surface area (Å²) in [6.07, 6.45) is 0. The van der Waals surface area contributed by atoms with Gasteiger partial charge in [0.2, 0.25) is 0 Å². The molecule has 0 aliphatic carbocycles. The van der Waals surface area contributed by atoms with Gasteiger partial charge in [0.15, 0.2) is 0 Å². The molecule has 0 radical (unpaired) electrons. The molecule has 0 fully saturated rings. The van der Waals surface area contributed by atoms with Crippen LogP contribution in [0.3, 0.4) is 0 Å². The van der Waals surface area contributed by atoms with Crippen LogP contribution in [-0.2, 0) is 10.0 Å². The van der Waals surface area contributed by atoms with E-state index in [0.717, 1.165) is 17.4 Å². The standard InChI is InChI=1S/C13H12FNO4S2/c1-8(9-3-2-4-11(14)5-9)15-21(18,19)12-6-10(7-20-12)13(16)17/h2-8,15H,1H3,(H,16,17)/t8-/m1/s1. The third kappa shape index (κ3) is 3.66. The van der Waals surface area contributed by atoms with Gasteiger partial charge in [-0.05, 0) is 30.7 Å². The molecule has 1 heterocycles. The van der Waals surface area contributed by atoms with E-state index in [9.17, 15) is 17.6 Å². The second-order valence-electron chi connectivity index (χ2n) is 4.36. The molecule has 2 aromatic rings. The van der Waals surface area contributed by atoms with Gasteiger partial charge in [-0.15, -0.1) is 11.3 Å². The van der Waals surface area contributed by atoms with E-state index in [0.29, 0.717) is 5.56 Å². The van der Waals surface area contributed by atoms with Crippen molar-refractivity contribution in [2.75, 3.05) is 0 Å². The Kier molecular flexibility index (Phi) is 4.40. The van der Waals surface area contributed by atoms with Gasteiger partial charge < -0.3 is 5.11 Å². The minimum absolute atomic E-state index is 0.0845. The van der Waals surface area contributed by atoms with Crippen LogP contribution in [0.25, 0.3) is 0 Å². The van der Waals surface area contributed by atoms with Crippen LogP contribution in [0.1, 0.15) is 28.9 Å². The first-order chi connectivity index (χ1) is 9.79. The number of aromatic carboxylic acids is 1. The van der Waals surface area contributed by atoms with Gasteiger partial charge in [-0.25, -0.2) is 22.3 Å². The Morgan fingerprint density at radius 2 is 2.10 bits per heavy atom. The molecular weight excluding hydrogens is 317 g/mol. The monoisotopic (exact) mass is 329 g/mol. The molecule has 0 spiro atoms. The Hall–Kier alpha value is -1.77. The van der Waals surface area contributed by atoms with Crippen LogP contribution in [0.5, 0.6) is 0 Å². The Bertz CT molecular complexity index is 770. The van der Waals surface area contributed by atoms with Gasteiger partial charge in [0.1, 0.15) is 10.0 Å². The molecule has 0 saturated carbocycles. The molecule has 0 bridgehead atoms. The summed E-state index contributed by atoms with van der Waals surface area (Å²) in [6.45, 7) is 1.58. The summed E-state index contributed by atoms with van der Waals surface area (Å²) in [5.41, 5.74) is 0.396. The zero-order valence-electron chi connectivity index (χ0n) is 10.9. The maximum Gasteiger partial charge on any atom is 0.336 e. The molecule has 5 nitrogen and oxygen atoms in total. The first kappa shape index (κ1) is 15.6. The first-order valence-electron chi connectivity index (χ1n) is 5.89. The van der Waals surface area contributed by atoms with Crippen LogP contribution in [0.15, 0.2) is 39.9 Å². The van der Waals surface area contributed by atoms with Crippen LogP contribution in [0.2, 0.25) is 0 Å². The lowest BCUT2D eigenvalue weighted by Gasteiger charge is -2.13. The number of hydrogen-bond acceptors (Lipinski definition) is 4. The van der Waals surface area contributed by atoms with E-state index in [-0.39, 0.29) is 9.77 Å². The molecular formula is C13H12FNO4S2. The summed E-state index contributed by atoms with van der Waals surface area (Å²) in [7, 11) is -3.85. The third-order valence-corrected chi connectivity index (χ3v) is 5.75. The number of carbonyl (C=O) groups is 1. The quantitative estimate of drug-likeness (QED) is 0.883. The molecule has 112 valence electrons. The van der Waals surface area contributed by atoms with Crippen molar-refractivity contribution in [1.29, 1.82) is 0 Å². The van der Waals surface area contributed by atoms with E-state index in [4.69, 9.17) is 5.11 Å². The normalized spacial score (nSPS) is 13.0. The highest BCUT2D eigenvalue weighted by Gasteiger charge is 2.21. The Balaban J connectivity index is 2.22. The van der Waals surface area contributed by atoms with Crippen LogP contribution in [-0.4, -0.2) is 19.5 Å². The van der Waals surface area contributed by atoms with Crippen LogP contribution < -0.4 is 4.72 Å². The average Bonchev–Trinajstić information content (AvgIpc) is 2.88. The number of thiophene rings is 1. The van der Waals surface area contributed by atoms with Crippen molar-refractivity contribution in [3.63, 3.8) is 0 Å². The lowest BCUT2D eigenvalue weighted by Crippen LogP contribution is -2.26. The van der Waals surface area contributed by atoms with Crippen LogP contribution in [0, 0.1) is 5.82 Å². The maximum atomic E-state index is 13.1. The first-order valence-corrected chi connectivity index (χ1v) is 8.25. The molecule has 0 unspecified atom stereocenters. The zero-order valence-corrected chi connectivity index (χ0v) is 12.5. The van der Waals surface area contributed by atoms with E-state index < -0.39 is 27.9 Å². The van der Waals surface area contributed by atoms with Crippen molar-refractivity contribution in [3.8, 4) is 0 Å². The van der Waals surface area contributed by atoms with Crippen LogP contribution >= 0.6 is 11.3 Å². The van der Waals surface area contributed by atoms with Crippen molar-refractivity contribution >= 4 is 27.3 Å². The van der Waals surface area contributed by atoms with E-state index in [1.165, 1.54) is 23.6 Å². The molecule has 1 aromatic carbocycles. The summed E-state index contributed by atoms with van der Waals surface area (Å²) in [5, 5.41) is 10.1. The van der Waals surface area contributed by atoms with Gasteiger partial charge in [0.25, 0.3) is 10.0 Å². The molecule has 2 N–H and O–H groups in total. The highest BCUT2D eigenvalue weighted by atomic mass is 32.2. The molecule has 21 heavy (non-hydrogen) atoms. The number of hydrogen-bond donors (Lipinski definition) is 2. The summed E-state index contributed by atoms with van der Waals surface area (Å²) >= 11 is 0.820. The number of carboxylic acids is 1. The van der Waals surface area contributed by atoms with Gasteiger partial charge in [-0.1, -0.05) is 12.1 Å². The molecule has 1 aromatic heterocycles. The van der Waals surface area contributed by atoms with E-state index in [2.05, 4.69) is 4.72 Å². The number of nitrogens with one attached hydrogen (secondary N) is 1. The number of carboxylic acid groups (broad SMARTS) is 1. The smallest absolute Gasteiger partial charge is 0.336 e. The lowest BCUT2D eigenvalue weighted by atomic mass is 10.1. The van der Waals surface area contributed by atoms with Gasteiger partial charge >= 0.3 is 5.97 Å². The van der Waals surface area contributed by atoms with Crippen molar-refractivity contribution in [1.82, 2.24) is 4.72 Å². The summed E-state index contributed by atoms with van der Waals surface area (Å²) in [4.78, 5) is 10.8. The largest absolute Gasteiger partial charge is 0.478 e. The summed E-state index contributed by atoms with van der Waals surface area (Å²) < 4.78 is 39.7. The number of sulfonamides is 1. The number of rotatable bonds is 5. The molecule has 1 atom stereocenters. The molecule has 0 amide bonds. The molecule has 0 aliphatic heterocycles. The zero-order chi connectivity index (χ0) is 15.6. The van der Waals surface area contributed by atoms with Crippen molar-refractivity contribution in [2.45, 2.75) is 17.2 Å². The van der Waals surface area contributed by atoms with Gasteiger partial charge in [0, 0.05) is 11.4 Å². The second kappa shape index (κ2) is 5.92. The van der Waals surface area contributed by atoms with E-state index >= 15 is 0 Å². The van der Waals surface area contributed by atoms with Crippen molar-refractivity contribution in [3.05, 3.63) is 52.7 Å². The van der Waals surface area contributed by atoms with Crippen LogP contribution in [0.4, 0.5) is 4.39 Å². The van der Waals surface area contributed by atoms with Crippen molar-refractivity contribution in [2.24, 2.45) is 0 Å². The highest BCUT2D eigenvalue weighted by molar-refractivity contribution is 7.91. The van der Waals surface area contributed by atoms with Gasteiger partial charge in [0.05, 0.1) is 5.56 Å². The molecule has 2 rings (SSSR count). The molecule has 0 saturated heterocycles. The van der Waals surface area contributed by atoms with Gasteiger partial charge in [-0.2, -0.15) is 0 Å². The summed E-state index contributed by atoms with van der Waals surface area (Å²) in [6, 6.07) is 6.05. The molecule has 0 aliphatic rings. The lowest BCUT2D eigenvalue weighted by molar-refractivity contribution is 0.0697. The summed E-state index contributed by atoms with van der Waals surface area (Å²) in [5.74, 6) is -1.64. The maximum absolute atomic E-state index is 13.1. The van der Waals surface area contributed by atoms with E-state index in [1.807, 2.05) is 0 Å². The SMILES string of the molecule is C[C@@H](NS(=O)(=O)c1cc(C(=O)O)cs1)c1cccc(F)c1. The molecule has 8 heteroatoms. The fourth-order valence-corrected chi connectivity index (χ4v) is 4.11. The average molecular weight is 329 g/mol. The van der Waals surface area contributed by atoms with Gasteiger partial charge in [-0.3, -0.25) is 0 Å². The fraction of sp³-hybridized carbons (Fsp3) is 0.154. The Labute approximate surface area is 125 Å². The van der Waals surface area contributed by atoms with E-state index in [1.54, 1.807) is 13.0 Å². The number of benzene rings is 1.